The van der Waals surface area contributed by atoms with Crippen LogP contribution in [-0.4, -0.2) is 11.4 Å². The van der Waals surface area contributed by atoms with Gasteiger partial charge in [-0.3, -0.25) is 0 Å². The van der Waals surface area contributed by atoms with Crippen LogP contribution in [0.3, 0.4) is 0 Å². The van der Waals surface area contributed by atoms with E-state index in [1.54, 1.807) is 30.8 Å². The number of halogens is 1. The summed E-state index contributed by atoms with van der Waals surface area (Å²) in [6.45, 7) is 1.70. The van der Waals surface area contributed by atoms with Crippen molar-refractivity contribution in [1.29, 1.82) is 0 Å². The van der Waals surface area contributed by atoms with Gasteiger partial charge in [-0.05, 0) is 48.1 Å². The van der Waals surface area contributed by atoms with Crippen molar-refractivity contribution in [3.05, 3.63) is 65.0 Å². The van der Waals surface area contributed by atoms with Gasteiger partial charge in [0.15, 0.2) is 0 Å². The zero-order valence-corrected chi connectivity index (χ0v) is 11.2. The Balaban J connectivity index is 2.28. The predicted molar refractivity (Wildman–Crippen MR) is 73.4 cm³/mol. The van der Waals surface area contributed by atoms with E-state index in [0.717, 1.165) is 10.5 Å². The molecule has 0 saturated heterocycles. The van der Waals surface area contributed by atoms with Gasteiger partial charge >= 0.3 is 0 Å². The van der Waals surface area contributed by atoms with Crippen molar-refractivity contribution in [2.24, 2.45) is 0 Å². The second-order valence-corrected chi connectivity index (χ2v) is 5.06. The first-order valence-corrected chi connectivity index (χ1v) is 6.92. The third kappa shape index (κ3) is 2.74. The first kappa shape index (κ1) is 13.1. The Bertz CT molecular complexity index is 537. The van der Waals surface area contributed by atoms with Gasteiger partial charge in [-0.2, -0.15) is 0 Å². The van der Waals surface area contributed by atoms with Crippen LogP contribution in [0.4, 0.5) is 4.39 Å². The molecule has 1 nitrogen and oxygen atoms in total. The minimum atomic E-state index is -0.708. The molecule has 18 heavy (non-hydrogen) atoms. The number of aliphatic hydroxyl groups is 1. The van der Waals surface area contributed by atoms with E-state index < -0.39 is 6.10 Å². The highest BCUT2D eigenvalue weighted by Crippen LogP contribution is 2.25. The van der Waals surface area contributed by atoms with Crippen molar-refractivity contribution >= 4 is 11.8 Å². The molecule has 0 bridgehead atoms. The van der Waals surface area contributed by atoms with Gasteiger partial charge in [0.25, 0.3) is 0 Å². The first-order valence-electron chi connectivity index (χ1n) is 5.70. The minimum absolute atomic E-state index is 0.247. The van der Waals surface area contributed by atoms with Gasteiger partial charge in [0.1, 0.15) is 11.9 Å². The van der Waals surface area contributed by atoms with Crippen molar-refractivity contribution in [3.8, 4) is 0 Å². The van der Waals surface area contributed by atoms with Crippen molar-refractivity contribution in [2.75, 3.05) is 6.26 Å². The van der Waals surface area contributed by atoms with Gasteiger partial charge in [-0.1, -0.05) is 24.3 Å². The molecular formula is C15H15FOS. The van der Waals surface area contributed by atoms with Crippen molar-refractivity contribution < 1.29 is 9.50 Å². The Morgan fingerprint density at radius 2 is 1.67 bits per heavy atom. The number of hydrogen-bond donors (Lipinski definition) is 1. The number of aliphatic hydroxyl groups excluding tert-OH is 1. The molecule has 1 atom stereocenters. The molecule has 0 aliphatic rings. The van der Waals surface area contributed by atoms with Crippen LogP contribution >= 0.6 is 11.8 Å². The van der Waals surface area contributed by atoms with E-state index in [1.807, 2.05) is 30.5 Å². The maximum atomic E-state index is 13.2. The van der Waals surface area contributed by atoms with E-state index in [2.05, 4.69) is 0 Å². The fourth-order valence-corrected chi connectivity index (χ4v) is 2.22. The van der Waals surface area contributed by atoms with E-state index in [9.17, 15) is 9.50 Å². The molecule has 0 fully saturated rings. The molecule has 0 saturated carbocycles. The highest BCUT2D eigenvalue weighted by molar-refractivity contribution is 7.98. The van der Waals surface area contributed by atoms with Gasteiger partial charge in [0, 0.05) is 4.90 Å². The normalized spacial score (nSPS) is 12.4. The van der Waals surface area contributed by atoms with Crippen LogP contribution in [0, 0.1) is 12.7 Å². The Hall–Kier alpha value is -1.32. The van der Waals surface area contributed by atoms with E-state index in [4.69, 9.17) is 0 Å². The van der Waals surface area contributed by atoms with Crippen LogP contribution in [0.15, 0.2) is 47.4 Å². The lowest BCUT2D eigenvalue weighted by atomic mass is 10.00. The third-order valence-electron chi connectivity index (χ3n) is 2.93. The molecule has 0 heterocycles. The standard InChI is InChI=1S/C15H15FOS/c1-10-9-12(5-8-14(10)16)15(17)11-3-6-13(18-2)7-4-11/h3-9,15,17H,1-2H3. The average Bonchev–Trinajstić information content (AvgIpc) is 2.41. The summed E-state index contributed by atoms with van der Waals surface area (Å²) in [5.41, 5.74) is 2.08. The lowest BCUT2D eigenvalue weighted by molar-refractivity contribution is 0.220. The quantitative estimate of drug-likeness (QED) is 0.845. The maximum absolute atomic E-state index is 13.2. The monoisotopic (exact) mass is 262 g/mol. The van der Waals surface area contributed by atoms with Crippen molar-refractivity contribution in [3.63, 3.8) is 0 Å². The topological polar surface area (TPSA) is 20.2 Å². The fraction of sp³-hybridized carbons (Fsp3) is 0.200. The number of aryl methyl sites for hydroxylation is 1. The molecule has 2 aromatic rings. The van der Waals surface area contributed by atoms with E-state index in [1.165, 1.54) is 6.07 Å². The molecule has 0 aliphatic carbocycles. The minimum Gasteiger partial charge on any atom is -0.384 e. The zero-order chi connectivity index (χ0) is 13.1. The van der Waals surface area contributed by atoms with Gasteiger partial charge < -0.3 is 5.11 Å². The van der Waals surface area contributed by atoms with E-state index in [-0.39, 0.29) is 5.82 Å². The predicted octanol–water partition coefficient (Wildman–Crippen LogP) is 3.94. The molecule has 94 valence electrons. The zero-order valence-electron chi connectivity index (χ0n) is 10.4. The molecule has 1 unspecified atom stereocenters. The second-order valence-electron chi connectivity index (χ2n) is 4.18. The fourth-order valence-electron chi connectivity index (χ4n) is 1.82. The lowest BCUT2D eigenvalue weighted by Crippen LogP contribution is -2.00. The summed E-state index contributed by atoms with van der Waals surface area (Å²) in [4.78, 5) is 1.15. The van der Waals surface area contributed by atoms with E-state index in [0.29, 0.717) is 11.1 Å². The molecule has 1 N–H and O–H groups in total. The molecule has 0 spiro atoms. The Morgan fingerprint density at radius 1 is 1.06 bits per heavy atom. The summed E-state index contributed by atoms with van der Waals surface area (Å²) in [7, 11) is 0. The van der Waals surface area contributed by atoms with Crippen LogP contribution in [-0.2, 0) is 0 Å². The molecule has 0 amide bonds. The average molecular weight is 262 g/mol. The Kier molecular flexibility index (Phi) is 4.04. The van der Waals surface area contributed by atoms with Crippen LogP contribution in [0.5, 0.6) is 0 Å². The van der Waals surface area contributed by atoms with Crippen LogP contribution in [0.25, 0.3) is 0 Å². The van der Waals surface area contributed by atoms with E-state index >= 15 is 0 Å². The summed E-state index contributed by atoms with van der Waals surface area (Å²) in [6.07, 6.45) is 1.30. The van der Waals surface area contributed by atoms with Gasteiger partial charge in [-0.15, -0.1) is 11.8 Å². The highest BCUT2D eigenvalue weighted by atomic mass is 32.2. The van der Waals surface area contributed by atoms with Crippen molar-refractivity contribution in [2.45, 2.75) is 17.9 Å². The summed E-state index contributed by atoms with van der Waals surface area (Å²) in [5.74, 6) is -0.247. The van der Waals surface area contributed by atoms with Crippen LogP contribution < -0.4 is 0 Å². The summed E-state index contributed by atoms with van der Waals surface area (Å²) in [6, 6.07) is 12.4. The smallest absolute Gasteiger partial charge is 0.126 e. The molecule has 0 aliphatic heterocycles. The largest absolute Gasteiger partial charge is 0.384 e. The maximum Gasteiger partial charge on any atom is 0.126 e. The number of benzene rings is 2. The summed E-state index contributed by atoms with van der Waals surface area (Å²) in [5, 5.41) is 10.2. The number of hydrogen-bond acceptors (Lipinski definition) is 2. The molecular weight excluding hydrogens is 247 g/mol. The van der Waals surface area contributed by atoms with Gasteiger partial charge in [0.05, 0.1) is 0 Å². The van der Waals surface area contributed by atoms with Gasteiger partial charge in [0.2, 0.25) is 0 Å². The lowest BCUT2D eigenvalue weighted by Gasteiger charge is -2.13. The van der Waals surface area contributed by atoms with Crippen LogP contribution in [0.1, 0.15) is 22.8 Å². The summed E-state index contributed by atoms with van der Waals surface area (Å²) < 4.78 is 13.2. The Labute approximate surface area is 111 Å². The van der Waals surface area contributed by atoms with Crippen molar-refractivity contribution in [1.82, 2.24) is 0 Å². The molecule has 2 aromatic carbocycles. The molecule has 3 heteroatoms. The molecule has 0 aromatic heterocycles. The Morgan fingerprint density at radius 3 is 2.22 bits per heavy atom. The number of rotatable bonds is 3. The van der Waals surface area contributed by atoms with Crippen LogP contribution in [0.2, 0.25) is 0 Å². The third-order valence-corrected chi connectivity index (χ3v) is 3.67. The molecule has 2 rings (SSSR count). The summed E-state index contributed by atoms with van der Waals surface area (Å²) >= 11 is 1.66. The highest BCUT2D eigenvalue weighted by Gasteiger charge is 2.11. The second kappa shape index (κ2) is 5.55. The SMILES string of the molecule is CSc1ccc(C(O)c2ccc(F)c(C)c2)cc1. The first-order chi connectivity index (χ1) is 8.61. The van der Waals surface area contributed by atoms with Gasteiger partial charge in [-0.25, -0.2) is 4.39 Å². The molecule has 0 radical (unpaired) electrons. The number of thioether (sulfide) groups is 1.